The Balaban J connectivity index is 2.51. The van der Waals surface area contributed by atoms with E-state index in [2.05, 4.69) is 12.1 Å². The van der Waals surface area contributed by atoms with E-state index in [0.717, 1.165) is 34.3 Å². The highest BCUT2D eigenvalue weighted by atomic mass is 16.5. The van der Waals surface area contributed by atoms with Gasteiger partial charge in [-0.05, 0) is 60.4 Å². The summed E-state index contributed by atoms with van der Waals surface area (Å²) in [6.07, 6.45) is 0.882. The lowest BCUT2D eigenvalue weighted by Gasteiger charge is -2.09. The van der Waals surface area contributed by atoms with Crippen molar-refractivity contribution in [1.29, 1.82) is 0 Å². The van der Waals surface area contributed by atoms with Gasteiger partial charge >= 0.3 is 0 Å². The third-order valence-electron chi connectivity index (χ3n) is 2.96. The average molecular weight is 240 g/mol. The second kappa shape index (κ2) is 5.05. The van der Waals surface area contributed by atoms with Crippen LogP contribution in [0.2, 0.25) is 0 Å². The first-order valence-corrected chi connectivity index (χ1v) is 5.86. The number of aldehydes is 1. The summed E-state index contributed by atoms with van der Waals surface area (Å²) in [6.45, 7) is 4.01. The molecule has 0 saturated carbocycles. The van der Waals surface area contributed by atoms with E-state index in [1.165, 1.54) is 0 Å². The van der Waals surface area contributed by atoms with Gasteiger partial charge in [-0.3, -0.25) is 4.79 Å². The first kappa shape index (κ1) is 12.4. The smallest absolute Gasteiger partial charge is 0.150 e. The minimum absolute atomic E-state index is 0.707. The fourth-order valence-corrected chi connectivity index (χ4v) is 2.11. The molecule has 2 nitrogen and oxygen atoms in total. The molecule has 0 bridgehead atoms. The van der Waals surface area contributed by atoms with Crippen molar-refractivity contribution in [2.24, 2.45) is 0 Å². The maximum absolute atomic E-state index is 10.9. The highest BCUT2D eigenvalue weighted by Gasteiger charge is 2.04. The van der Waals surface area contributed by atoms with E-state index in [9.17, 15) is 4.79 Å². The van der Waals surface area contributed by atoms with Gasteiger partial charge in [0.2, 0.25) is 0 Å². The number of hydrogen-bond acceptors (Lipinski definition) is 2. The van der Waals surface area contributed by atoms with Crippen LogP contribution in [0.5, 0.6) is 5.75 Å². The van der Waals surface area contributed by atoms with E-state index >= 15 is 0 Å². The van der Waals surface area contributed by atoms with Crippen LogP contribution in [-0.2, 0) is 0 Å². The lowest BCUT2D eigenvalue weighted by molar-refractivity contribution is 0.112. The molecule has 2 rings (SSSR count). The van der Waals surface area contributed by atoms with Gasteiger partial charge in [-0.15, -0.1) is 0 Å². The summed E-state index contributed by atoms with van der Waals surface area (Å²) in [5.41, 5.74) is 5.04. The van der Waals surface area contributed by atoms with Crippen molar-refractivity contribution >= 4 is 6.29 Å². The molecule has 0 radical (unpaired) electrons. The summed E-state index contributed by atoms with van der Waals surface area (Å²) in [7, 11) is 1.67. The second-order valence-corrected chi connectivity index (χ2v) is 4.43. The fraction of sp³-hybridized carbons (Fsp3) is 0.188. The molecule has 0 saturated heterocycles. The number of benzene rings is 2. The van der Waals surface area contributed by atoms with E-state index < -0.39 is 0 Å². The van der Waals surface area contributed by atoms with Crippen molar-refractivity contribution in [1.82, 2.24) is 0 Å². The maximum Gasteiger partial charge on any atom is 0.150 e. The van der Waals surface area contributed by atoms with Gasteiger partial charge < -0.3 is 4.74 Å². The number of methoxy groups -OCH3 is 1. The van der Waals surface area contributed by atoms with Crippen molar-refractivity contribution in [3.8, 4) is 16.9 Å². The molecule has 2 heteroatoms. The predicted octanol–water partition coefficient (Wildman–Crippen LogP) is 3.79. The van der Waals surface area contributed by atoms with Crippen molar-refractivity contribution < 1.29 is 9.53 Å². The number of hydrogen-bond donors (Lipinski definition) is 0. The van der Waals surface area contributed by atoms with Crippen molar-refractivity contribution in [3.05, 3.63) is 53.1 Å². The van der Waals surface area contributed by atoms with Gasteiger partial charge in [-0.1, -0.05) is 12.1 Å². The van der Waals surface area contributed by atoms with E-state index in [0.29, 0.717) is 5.56 Å². The summed E-state index contributed by atoms with van der Waals surface area (Å²) < 4.78 is 5.25. The van der Waals surface area contributed by atoms with Gasteiger partial charge in [-0.2, -0.15) is 0 Å². The number of rotatable bonds is 3. The summed E-state index contributed by atoms with van der Waals surface area (Å²) in [5.74, 6) is 0.877. The molecule has 92 valence electrons. The third kappa shape index (κ3) is 2.43. The Kier molecular flexibility index (Phi) is 3.47. The van der Waals surface area contributed by atoms with Crippen LogP contribution in [0.1, 0.15) is 21.5 Å². The molecule has 0 aliphatic heterocycles. The van der Waals surface area contributed by atoms with Crippen LogP contribution in [-0.4, -0.2) is 13.4 Å². The molecule has 0 heterocycles. The summed E-state index contributed by atoms with van der Waals surface area (Å²) in [4.78, 5) is 10.9. The molecule has 2 aromatic carbocycles. The quantitative estimate of drug-likeness (QED) is 0.763. The fourth-order valence-electron chi connectivity index (χ4n) is 2.11. The zero-order valence-electron chi connectivity index (χ0n) is 10.9. The van der Waals surface area contributed by atoms with Gasteiger partial charge in [0.15, 0.2) is 0 Å². The Labute approximate surface area is 107 Å². The molecule has 0 spiro atoms. The normalized spacial score (nSPS) is 10.2. The van der Waals surface area contributed by atoms with Crippen molar-refractivity contribution in [2.45, 2.75) is 13.8 Å². The minimum atomic E-state index is 0.707. The molecule has 0 aromatic heterocycles. The molecule has 0 aliphatic carbocycles. The van der Waals surface area contributed by atoms with Crippen LogP contribution in [0.3, 0.4) is 0 Å². The van der Waals surface area contributed by atoms with Gasteiger partial charge in [0.1, 0.15) is 12.0 Å². The van der Waals surface area contributed by atoms with Crippen molar-refractivity contribution in [2.75, 3.05) is 7.11 Å². The topological polar surface area (TPSA) is 26.3 Å². The van der Waals surface area contributed by atoms with Crippen LogP contribution in [0.15, 0.2) is 36.4 Å². The third-order valence-corrected chi connectivity index (χ3v) is 2.96. The lowest BCUT2D eigenvalue weighted by atomic mass is 9.99. The standard InChI is InChI=1S/C16H16O2/c1-11-6-13(10-17)9-15(7-11)14-4-5-16(18-3)12(2)8-14/h4-10H,1-3H3. The molecule has 0 amide bonds. The minimum Gasteiger partial charge on any atom is -0.496 e. The molecule has 0 N–H and O–H groups in total. The van der Waals surface area contributed by atoms with Crippen LogP contribution in [0.25, 0.3) is 11.1 Å². The Hall–Kier alpha value is -2.09. The van der Waals surface area contributed by atoms with E-state index in [4.69, 9.17) is 4.74 Å². The number of ether oxygens (including phenoxy) is 1. The maximum atomic E-state index is 10.9. The number of aryl methyl sites for hydroxylation is 2. The first-order valence-electron chi connectivity index (χ1n) is 5.86. The van der Waals surface area contributed by atoms with Gasteiger partial charge in [-0.25, -0.2) is 0 Å². The summed E-state index contributed by atoms with van der Waals surface area (Å²) in [6, 6.07) is 11.9. The molecule has 0 aliphatic rings. The molecule has 0 fully saturated rings. The molecular weight excluding hydrogens is 224 g/mol. The van der Waals surface area contributed by atoms with Gasteiger partial charge in [0, 0.05) is 5.56 Å². The van der Waals surface area contributed by atoms with Crippen LogP contribution in [0.4, 0.5) is 0 Å². The molecule has 18 heavy (non-hydrogen) atoms. The summed E-state index contributed by atoms with van der Waals surface area (Å²) >= 11 is 0. The van der Waals surface area contributed by atoms with Crippen molar-refractivity contribution in [3.63, 3.8) is 0 Å². The highest BCUT2D eigenvalue weighted by Crippen LogP contribution is 2.27. The summed E-state index contributed by atoms with van der Waals surface area (Å²) in [5, 5.41) is 0. The average Bonchev–Trinajstić information content (AvgIpc) is 2.37. The molecule has 0 unspecified atom stereocenters. The molecule has 0 atom stereocenters. The molecule has 2 aromatic rings. The van der Waals surface area contributed by atoms with E-state index in [1.807, 2.05) is 38.1 Å². The number of carbonyl (C=O) groups is 1. The SMILES string of the molecule is COc1ccc(-c2cc(C)cc(C=O)c2)cc1C. The Morgan fingerprint density at radius 1 is 1.00 bits per heavy atom. The Bertz CT molecular complexity index is 586. The Morgan fingerprint density at radius 3 is 2.39 bits per heavy atom. The zero-order chi connectivity index (χ0) is 13.1. The number of carbonyl (C=O) groups excluding carboxylic acids is 1. The van der Waals surface area contributed by atoms with Crippen LogP contribution in [0, 0.1) is 13.8 Å². The van der Waals surface area contributed by atoms with Crippen LogP contribution < -0.4 is 4.74 Å². The second-order valence-electron chi connectivity index (χ2n) is 4.43. The molecular formula is C16H16O2. The Morgan fingerprint density at radius 2 is 1.78 bits per heavy atom. The zero-order valence-corrected chi connectivity index (χ0v) is 10.9. The first-order chi connectivity index (χ1) is 8.63. The van der Waals surface area contributed by atoms with Gasteiger partial charge in [0.25, 0.3) is 0 Å². The largest absolute Gasteiger partial charge is 0.496 e. The predicted molar refractivity (Wildman–Crippen MR) is 73.3 cm³/mol. The lowest BCUT2D eigenvalue weighted by Crippen LogP contribution is -1.89. The van der Waals surface area contributed by atoms with E-state index in [-0.39, 0.29) is 0 Å². The monoisotopic (exact) mass is 240 g/mol. The van der Waals surface area contributed by atoms with Crippen LogP contribution >= 0.6 is 0 Å². The highest BCUT2D eigenvalue weighted by molar-refractivity contribution is 5.79. The van der Waals surface area contributed by atoms with E-state index in [1.54, 1.807) is 7.11 Å². The van der Waals surface area contributed by atoms with Gasteiger partial charge in [0.05, 0.1) is 7.11 Å².